The number of aromatic nitrogens is 2. The zero-order valence-corrected chi connectivity index (χ0v) is 16.0. The molecule has 4 rings (SSSR count). The SMILES string of the molecule is Cc1ccc2c(c1)c(CNC(=O)c1cccc(C3CCCNC3)c1)nn2C. The number of nitrogens with zero attached hydrogens (tertiary/aromatic N) is 2. The van der Waals surface area contributed by atoms with Crippen molar-refractivity contribution in [3.63, 3.8) is 0 Å². The van der Waals surface area contributed by atoms with Gasteiger partial charge in [-0.25, -0.2) is 0 Å². The summed E-state index contributed by atoms with van der Waals surface area (Å²) in [7, 11) is 1.94. The highest BCUT2D eigenvalue weighted by atomic mass is 16.1. The molecule has 140 valence electrons. The standard InChI is InChI=1S/C22H26N4O/c1-15-8-9-21-19(11-15)20(25-26(21)2)14-24-22(27)17-6-3-5-16(12-17)18-7-4-10-23-13-18/h3,5-6,8-9,11-12,18,23H,4,7,10,13-14H2,1-2H3,(H,24,27). The number of hydrogen-bond donors (Lipinski definition) is 2. The van der Waals surface area contributed by atoms with Gasteiger partial charge in [-0.2, -0.15) is 5.10 Å². The minimum Gasteiger partial charge on any atom is -0.346 e. The van der Waals surface area contributed by atoms with Crippen LogP contribution in [0.15, 0.2) is 42.5 Å². The van der Waals surface area contributed by atoms with Crippen molar-refractivity contribution < 1.29 is 4.79 Å². The minimum atomic E-state index is -0.0490. The first kappa shape index (κ1) is 17.7. The van der Waals surface area contributed by atoms with Gasteiger partial charge in [-0.15, -0.1) is 0 Å². The van der Waals surface area contributed by atoms with Crippen LogP contribution in [0.25, 0.3) is 10.9 Å². The van der Waals surface area contributed by atoms with Gasteiger partial charge in [0.1, 0.15) is 0 Å². The van der Waals surface area contributed by atoms with Gasteiger partial charge >= 0.3 is 0 Å². The van der Waals surface area contributed by atoms with Gasteiger partial charge in [0.25, 0.3) is 5.91 Å². The van der Waals surface area contributed by atoms with Crippen LogP contribution in [-0.4, -0.2) is 28.8 Å². The fourth-order valence-electron chi connectivity index (χ4n) is 3.92. The summed E-state index contributed by atoms with van der Waals surface area (Å²) in [6.07, 6.45) is 2.37. The van der Waals surface area contributed by atoms with Crippen molar-refractivity contribution in [2.45, 2.75) is 32.2 Å². The predicted molar refractivity (Wildman–Crippen MR) is 108 cm³/mol. The summed E-state index contributed by atoms with van der Waals surface area (Å²) >= 11 is 0. The summed E-state index contributed by atoms with van der Waals surface area (Å²) in [6.45, 7) is 4.58. The molecule has 1 aliphatic rings. The van der Waals surface area contributed by atoms with Crippen molar-refractivity contribution in [1.82, 2.24) is 20.4 Å². The lowest BCUT2D eigenvalue weighted by molar-refractivity contribution is 0.0950. The molecule has 1 saturated heterocycles. The van der Waals surface area contributed by atoms with Crippen molar-refractivity contribution >= 4 is 16.8 Å². The van der Waals surface area contributed by atoms with Crippen LogP contribution in [0.4, 0.5) is 0 Å². The van der Waals surface area contributed by atoms with E-state index in [9.17, 15) is 4.79 Å². The van der Waals surface area contributed by atoms with E-state index in [0.29, 0.717) is 12.5 Å². The number of aryl methyl sites for hydroxylation is 2. The number of fused-ring (bicyclic) bond motifs is 1. The van der Waals surface area contributed by atoms with Crippen LogP contribution in [-0.2, 0) is 13.6 Å². The number of carbonyl (C=O) groups is 1. The van der Waals surface area contributed by atoms with Gasteiger partial charge in [0.15, 0.2) is 0 Å². The molecule has 3 aromatic rings. The van der Waals surface area contributed by atoms with Gasteiger partial charge in [0.2, 0.25) is 0 Å². The Kier molecular flexibility index (Phi) is 4.94. The number of rotatable bonds is 4. The van der Waals surface area contributed by atoms with Crippen molar-refractivity contribution in [2.75, 3.05) is 13.1 Å². The average molecular weight is 362 g/mol. The highest BCUT2D eigenvalue weighted by molar-refractivity contribution is 5.94. The molecule has 1 atom stereocenters. The van der Waals surface area contributed by atoms with E-state index in [4.69, 9.17) is 0 Å². The molecule has 1 fully saturated rings. The molecule has 1 unspecified atom stereocenters. The van der Waals surface area contributed by atoms with Crippen molar-refractivity contribution in [1.29, 1.82) is 0 Å². The fourth-order valence-corrected chi connectivity index (χ4v) is 3.92. The lowest BCUT2D eigenvalue weighted by Gasteiger charge is -2.23. The molecule has 2 aromatic carbocycles. The Morgan fingerprint density at radius 2 is 2.19 bits per heavy atom. The maximum atomic E-state index is 12.7. The highest BCUT2D eigenvalue weighted by Crippen LogP contribution is 2.24. The minimum absolute atomic E-state index is 0.0490. The molecule has 5 heteroatoms. The summed E-state index contributed by atoms with van der Waals surface area (Å²) in [6, 6.07) is 14.3. The topological polar surface area (TPSA) is 59.0 Å². The van der Waals surface area contributed by atoms with Crippen molar-refractivity contribution in [3.8, 4) is 0 Å². The zero-order chi connectivity index (χ0) is 18.8. The first-order valence-electron chi connectivity index (χ1n) is 9.63. The Balaban J connectivity index is 1.49. The fraction of sp³-hybridized carbons (Fsp3) is 0.364. The Morgan fingerprint density at radius 3 is 3.00 bits per heavy atom. The molecule has 1 amide bonds. The lowest BCUT2D eigenvalue weighted by Crippen LogP contribution is -2.28. The first-order valence-corrected chi connectivity index (χ1v) is 9.63. The number of benzene rings is 2. The smallest absolute Gasteiger partial charge is 0.251 e. The Hall–Kier alpha value is -2.66. The van der Waals surface area contributed by atoms with Gasteiger partial charge in [0.05, 0.1) is 17.8 Å². The number of hydrogen-bond acceptors (Lipinski definition) is 3. The maximum absolute atomic E-state index is 12.7. The van der Waals surface area contributed by atoms with E-state index in [-0.39, 0.29) is 5.91 Å². The monoisotopic (exact) mass is 362 g/mol. The van der Waals surface area contributed by atoms with E-state index in [1.54, 1.807) is 0 Å². The van der Waals surface area contributed by atoms with Crippen LogP contribution in [0, 0.1) is 6.92 Å². The van der Waals surface area contributed by atoms with E-state index in [2.05, 4.69) is 46.9 Å². The molecule has 0 saturated carbocycles. The van der Waals surface area contributed by atoms with Crippen LogP contribution in [0.2, 0.25) is 0 Å². The van der Waals surface area contributed by atoms with Gasteiger partial charge in [-0.3, -0.25) is 9.48 Å². The molecule has 0 bridgehead atoms. The van der Waals surface area contributed by atoms with Crippen LogP contribution in [0.3, 0.4) is 0 Å². The molecule has 5 nitrogen and oxygen atoms in total. The van der Waals surface area contributed by atoms with Crippen molar-refractivity contribution in [3.05, 3.63) is 64.8 Å². The number of nitrogens with one attached hydrogen (secondary N) is 2. The second-order valence-corrected chi connectivity index (χ2v) is 7.44. The first-order chi connectivity index (χ1) is 13.1. The second-order valence-electron chi connectivity index (χ2n) is 7.44. The Morgan fingerprint density at radius 1 is 1.30 bits per heavy atom. The molecular formula is C22H26N4O. The van der Waals surface area contributed by atoms with Crippen LogP contribution in [0.5, 0.6) is 0 Å². The Bertz CT molecular complexity index is 970. The van der Waals surface area contributed by atoms with Gasteiger partial charge in [-0.1, -0.05) is 23.8 Å². The molecular weight excluding hydrogens is 336 g/mol. The molecule has 1 aliphatic heterocycles. The summed E-state index contributed by atoms with van der Waals surface area (Å²) in [4.78, 5) is 12.7. The number of amides is 1. The molecule has 27 heavy (non-hydrogen) atoms. The maximum Gasteiger partial charge on any atom is 0.251 e. The van der Waals surface area contributed by atoms with Crippen molar-refractivity contribution in [2.24, 2.45) is 7.05 Å². The van der Waals surface area contributed by atoms with Gasteiger partial charge in [0, 0.05) is 24.5 Å². The largest absolute Gasteiger partial charge is 0.346 e. The van der Waals surface area contributed by atoms with Gasteiger partial charge < -0.3 is 10.6 Å². The quantitative estimate of drug-likeness (QED) is 0.749. The lowest BCUT2D eigenvalue weighted by atomic mass is 9.90. The number of carbonyl (C=O) groups excluding carboxylic acids is 1. The zero-order valence-electron chi connectivity index (χ0n) is 16.0. The third-order valence-corrected chi connectivity index (χ3v) is 5.42. The molecule has 2 heterocycles. The normalized spacial score (nSPS) is 17.2. The summed E-state index contributed by atoms with van der Waals surface area (Å²) in [5.41, 5.74) is 5.13. The molecule has 2 N–H and O–H groups in total. The second kappa shape index (κ2) is 7.53. The van der Waals surface area contributed by atoms with Crippen LogP contribution in [0.1, 0.15) is 45.9 Å². The Labute approximate surface area is 159 Å². The van der Waals surface area contributed by atoms with E-state index >= 15 is 0 Å². The van der Waals surface area contributed by atoms with Crippen LogP contribution >= 0.6 is 0 Å². The summed E-state index contributed by atoms with van der Waals surface area (Å²) in [5.74, 6) is 0.446. The van der Waals surface area contributed by atoms with E-state index in [0.717, 1.165) is 35.2 Å². The predicted octanol–water partition coefficient (Wildman–Crippen LogP) is 3.28. The third kappa shape index (κ3) is 3.74. The third-order valence-electron chi connectivity index (χ3n) is 5.42. The highest BCUT2D eigenvalue weighted by Gasteiger charge is 2.17. The molecule has 0 spiro atoms. The number of piperidine rings is 1. The summed E-state index contributed by atoms with van der Waals surface area (Å²) < 4.78 is 1.87. The van der Waals surface area contributed by atoms with Crippen LogP contribution < -0.4 is 10.6 Å². The molecule has 0 radical (unpaired) electrons. The van der Waals surface area contributed by atoms with E-state index < -0.39 is 0 Å². The van der Waals surface area contributed by atoms with Gasteiger partial charge in [-0.05, 0) is 62.1 Å². The summed E-state index contributed by atoms with van der Waals surface area (Å²) in [5, 5.41) is 12.2. The average Bonchev–Trinajstić information content (AvgIpc) is 3.01. The van der Waals surface area contributed by atoms with E-state index in [1.165, 1.54) is 24.0 Å². The van der Waals surface area contributed by atoms with E-state index in [1.807, 2.05) is 29.9 Å². The molecule has 0 aliphatic carbocycles. The molecule has 1 aromatic heterocycles.